The van der Waals surface area contributed by atoms with E-state index in [-0.39, 0.29) is 11.5 Å². The molecule has 9 heteroatoms. The molecule has 3 aromatic heterocycles. The number of anilines is 1. The van der Waals surface area contributed by atoms with Gasteiger partial charge in [0.25, 0.3) is 11.5 Å². The van der Waals surface area contributed by atoms with Crippen molar-refractivity contribution >= 4 is 49.7 Å². The zero-order chi connectivity index (χ0) is 21.7. The number of rotatable bonds is 4. The fourth-order valence-electron chi connectivity index (χ4n) is 4.69. The average Bonchev–Trinajstić information content (AvgIpc) is 3.31. The fourth-order valence-corrected chi connectivity index (χ4v) is 7.21. The van der Waals surface area contributed by atoms with Crippen molar-refractivity contribution in [1.82, 2.24) is 9.55 Å². The van der Waals surface area contributed by atoms with Gasteiger partial charge in [-0.3, -0.25) is 19.0 Å². The number of aryl methyl sites for hydroxylation is 3. The molecule has 0 bridgehead atoms. The number of carbonyl (C=O) groups excluding carboxylic acids is 2. The molecule has 3 N–H and O–H groups in total. The Morgan fingerprint density at radius 2 is 1.71 bits per heavy atom. The molecule has 0 fully saturated rings. The first kappa shape index (κ1) is 20.4. The number of nitrogens with one attached hydrogen (secondary N) is 1. The lowest BCUT2D eigenvalue weighted by Crippen LogP contribution is -2.32. The molecule has 2 aliphatic carbocycles. The molecular formula is C22H24N4O3S2. The highest BCUT2D eigenvalue weighted by Gasteiger charge is 2.27. The smallest absolute Gasteiger partial charge is 0.263 e. The van der Waals surface area contributed by atoms with Crippen LogP contribution in [-0.2, 0) is 30.5 Å². The van der Waals surface area contributed by atoms with Gasteiger partial charge in [0.2, 0.25) is 5.91 Å². The van der Waals surface area contributed by atoms with Crippen molar-refractivity contribution in [2.24, 2.45) is 5.73 Å². The van der Waals surface area contributed by atoms with Crippen LogP contribution in [0.1, 0.15) is 69.9 Å². The van der Waals surface area contributed by atoms with E-state index in [1.54, 1.807) is 18.3 Å². The molecule has 0 spiro atoms. The summed E-state index contributed by atoms with van der Waals surface area (Å²) in [5, 5.41) is 4.02. The van der Waals surface area contributed by atoms with Crippen molar-refractivity contribution in [3.05, 3.63) is 43.1 Å². The van der Waals surface area contributed by atoms with Crippen molar-refractivity contribution in [2.45, 2.75) is 64.3 Å². The maximum atomic E-state index is 13.3. The summed E-state index contributed by atoms with van der Waals surface area (Å²) in [6.45, 7) is 1.68. The van der Waals surface area contributed by atoms with Gasteiger partial charge >= 0.3 is 0 Å². The predicted octanol–water partition coefficient (Wildman–Crippen LogP) is 3.58. The van der Waals surface area contributed by atoms with Crippen molar-refractivity contribution in [3.8, 4) is 0 Å². The minimum atomic E-state index is -0.761. The van der Waals surface area contributed by atoms with E-state index in [0.29, 0.717) is 16.0 Å². The Kier molecular flexibility index (Phi) is 5.18. The summed E-state index contributed by atoms with van der Waals surface area (Å²) in [7, 11) is 0. The zero-order valence-corrected chi connectivity index (χ0v) is 19.0. The van der Waals surface area contributed by atoms with E-state index in [2.05, 4.69) is 10.3 Å². The van der Waals surface area contributed by atoms with Crippen molar-refractivity contribution in [3.63, 3.8) is 0 Å². The monoisotopic (exact) mass is 456 g/mol. The molecule has 0 saturated carbocycles. The van der Waals surface area contributed by atoms with Gasteiger partial charge < -0.3 is 11.1 Å². The van der Waals surface area contributed by atoms with Crippen LogP contribution in [0.5, 0.6) is 0 Å². The molecule has 0 saturated heterocycles. The van der Waals surface area contributed by atoms with Crippen LogP contribution in [0.2, 0.25) is 0 Å². The van der Waals surface area contributed by atoms with E-state index < -0.39 is 11.9 Å². The van der Waals surface area contributed by atoms with Gasteiger partial charge in [-0.15, -0.1) is 22.7 Å². The van der Waals surface area contributed by atoms with E-state index in [4.69, 9.17) is 5.73 Å². The number of carbonyl (C=O) groups is 2. The van der Waals surface area contributed by atoms with Crippen LogP contribution in [0.25, 0.3) is 10.2 Å². The Labute approximate surface area is 187 Å². The van der Waals surface area contributed by atoms with Crippen LogP contribution in [0.3, 0.4) is 0 Å². The molecule has 0 aliphatic heterocycles. The molecule has 1 unspecified atom stereocenters. The molecule has 7 nitrogen and oxygen atoms in total. The number of aromatic nitrogens is 2. The number of amides is 2. The second kappa shape index (κ2) is 7.87. The van der Waals surface area contributed by atoms with Crippen LogP contribution in [-0.4, -0.2) is 21.4 Å². The van der Waals surface area contributed by atoms with E-state index in [0.717, 1.165) is 72.2 Å². The normalized spacial score (nSPS) is 16.5. The molecule has 0 radical (unpaired) electrons. The SMILES string of the molecule is CC(C(=O)Nc1sc2c(c1C(N)=O)CCCC2)n1cnc2sc3c(c2c1=O)CCCC3. The minimum Gasteiger partial charge on any atom is -0.365 e. The largest absolute Gasteiger partial charge is 0.365 e. The Morgan fingerprint density at radius 1 is 1.06 bits per heavy atom. The van der Waals surface area contributed by atoms with Crippen LogP contribution in [0.15, 0.2) is 11.1 Å². The molecule has 1 atom stereocenters. The number of hydrogen-bond acceptors (Lipinski definition) is 6. The van der Waals surface area contributed by atoms with Crippen LogP contribution in [0, 0.1) is 0 Å². The van der Waals surface area contributed by atoms with E-state index in [9.17, 15) is 14.4 Å². The van der Waals surface area contributed by atoms with Gasteiger partial charge in [-0.1, -0.05) is 0 Å². The predicted molar refractivity (Wildman–Crippen MR) is 123 cm³/mol. The standard InChI is InChI=1S/C22H24N4O3S2/c1-11(19(28)25-21-16(18(23)27)12-6-2-4-8-14(12)31-21)26-10-24-20-17(22(26)29)13-7-3-5-9-15(13)30-20/h10-11H,2-9H2,1H3,(H2,23,27)(H,25,28). The molecule has 3 heterocycles. The van der Waals surface area contributed by atoms with E-state index in [1.807, 2.05) is 0 Å². The Hall–Kier alpha value is -2.52. The topological polar surface area (TPSA) is 107 Å². The highest BCUT2D eigenvalue weighted by molar-refractivity contribution is 7.18. The van der Waals surface area contributed by atoms with Gasteiger partial charge in [-0.05, 0) is 69.4 Å². The molecule has 162 valence electrons. The summed E-state index contributed by atoms with van der Waals surface area (Å²) in [6, 6.07) is -0.761. The Bertz CT molecular complexity index is 1270. The Balaban J connectivity index is 1.48. The van der Waals surface area contributed by atoms with Gasteiger partial charge in [0.1, 0.15) is 15.9 Å². The van der Waals surface area contributed by atoms with Crippen molar-refractivity contribution in [2.75, 3.05) is 5.32 Å². The second-order valence-corrected chi connectivity index (χ2v) is 10.5. The quantitative estimate of drug-likeness (QED) is 0.626. The number of hydrogen-bond donors (Lipinski definition) is 2. The summed E-state index contributed by atoms with van der Waals surface area (Å²) in [6.07, 6.45) is 9.34. The van der Waals surface area contributed by atoms with Gasteiger partial charge in [0.15, 0.2) is 0 Å². The van der Waals surface area contributed by atoms with Crippen molar-refractivity contribution in [1.29, 1.82) is 0 Å². The number of fused-ring (bicyclic) bond motifs is 4. The van der Waals surface area contributed by atoms with Gasteiger partial charge in [0.05, 0.1) is 17.3 Å². The van der Waals surface area contributed by atoms with Crippen LogP contribution < -0.4 is 16.6 Å². The number of nitrogens with zero attached hydrogens (tertiary/aromatic N) is 2. The van der Waals surface area contributed by atoms with Gasteiger partial charge in [-0.25, -0.2) is 4.98 Å². The van der Waals surface area contributed by atoms with Gasteiger partial charge in [-0.2, -0.15) is 0 Å². The zero-order valence-electron chi connectivity index (χ0n) is 17.3. The van der Waals surface area contributed by atoms with E-state index >= 15 is 0 Å². The molecule has 0 aromatic carbocycles. The molecule has 5 rings (SSSR count). The lowest BCUT2D eigenvalue weighted by atomic mass is 9.95. The lowest BCUT2D eigenvalue weighted by molar-refractivity contribution is -0.118. The summed E-state index contributed by atoms with van der Waals surface area (Å²) < 4.78 is 1.40. The third-order valence-electron chi connectivity index (χ3n) is 6.35. The number of primary amides is 1. The number of nitrogens with two attached hydrogens (primary N) is 1. The summed E-state index contributed by atoms with van der Waals surface area (Å²) in [4.78, 5) is 46.0. The molecule has 3 aromatic rings. The summed E-state index contributed by atoms with van der Waals surface area (Å²) >= 11 is 3.01. The van der Waals surface area contributed by atoms with Crippen LogP contribution in [0.4, 0.5) is 5.00 Å². The lowest BCUT2D eigenvalue weighted by Gasteiger charge is -2.15. The fraction of sp³-hybridized carbons (Fsp3) is 0.455. The maximum Gasteiger partial charge on any atom is 0.263 e. The third kappa shape index (κ3) is 3.40. The van der Waals surface area contributed by atoms with Crippen molar-refractivity contribution < 1.29 is 9.59 Å². The first-order valence-electron chi connectivity index (χ1n) is 10.7. The third-order valence-corrected chi connectivity index (χ3v) is 8.76. The highest BCUT2D eigenvalue weighted by Crippen LogP contribution is 2.38. The van der Waals surface area contributed by atoms with Crippen LogP contribution >= 0.6 is 22.7 Å². The molecular weight excluding hydrogens is 432 g/mol. The minimum absolute atomic E-state index is 0.173. The molecule has 31 heavy (non-hydrogen) atoms. The first-order valence-corrected chi connectivity index (χ1v) is 12.4. The molecule has 2 aliphatic rings. The first-order chi connectivity index (χ1) is 15.0. The van der Waals surface area contributed by atoms with E-state index in [1.165, 1.54) is 27.1 Å². The summed E-state index contributed by atoms with van der Waals surface area (Å²) in [5.74, 6) is -0.874. The average molecular weight is 457 g/mol. The highest BCUT2D eigenvalue weighted by atomic mass is 32.1. The second-order valence-electron chi connectivity index (χ2n) is 8.29. The number of thiophene rings is 2. The maximum absolute atomic E-state index is 13.3. The summed E-state index contributed by atoms with van der Waals surface area (Å²) in [5.41, 5.74) is 7.96. The Morgan fingerprint density at radius 3 is 2.42 bits per heavy atom. The molecule has 2 amide bonds. The van der Waals surface area contributed by atoms with Gasteiger partial charge in [0, 0.05) is 9.75 Å².